The summed E-state index contributed by atoms with van der Waals surface area (Å²) in [4.78, 5) is 5.75. The molecule has 0 aliphatic carbocycles. The quantitative estimate of drug-likeness (QED) is 0.220. The van der Waals surface area contributed by atoms with E-state index in [1.165, 1.54) is 4.90 Å². The number of halogens is 1. The highest BCUT2D eigenvalue weighted by Crippen LogP contribution is 2.16. The maximum atomic E-state index is 11.5. The molecule has 1 saturated heterocycles. The summed E-state index contributed by atoms with van der Waals surface area (Å²) in [6, 6.07) is 10.2. The molecule has 8 heteroatoms. The molecule has 2 rings (SSSR count). The van der Waals surface area contributed by atoms with E-state index in [9.17, 15) is 8.42 Å². The van der Waals surface area contributed by atoms with Crippen LogP contribution in [-0.2, 0) is 9.84 Å². The number of sulfone groups is 1. The highest BCUT2D eigenvalue weighted by atomic mass is 127. The molecule has 23 heavy (non-hydrogen) atoms. The summed E-state index contributed by atoms with van der Waals surface area (Å²) in [5, 5.41) is 6.39. The predicted octanol–water partition coefficient (Wildman–Crippen LogP) is 2.14. The van der Waals surface area contributed by atoms with E-state index in [0.717, 1.165) is 12.3 Å². The summed E-state index contributed by atoms with van der Waals surface area (Å²) in [5.74, 6) is 2.08. The number of benzene rings is 1. The van der Waals surface area contributed by atoms with Crippen LogP contribution in [0.25, 0.3) is 0 Å². The smallest absolute Gasteiger partial charge is 0.191 e. The SMILES string of the molecule is CCNC(=NCCSc1ccccc1)NC1CCS(=O)(=O)C1.I. The maximum Gasteiger partial charge on any atom is 0.191 e. The fourth-order valence-corrected chi connectivity index (χ4v) is 4.70. The first-order valence-corrected chi connectivity index (χ1v) is 10.3. The van der Waals surface area contributed by atoms with Crippen molar-refractivity contribution in [3.63, 3.8) is 0 Å². The fourth-order valence-electron chi connectivity index (χ4n) is 2.26. The Bertz CT molecular complexity index is 594. The first kappa shape index (κ1) is 20.6. The van der Waals surface area contributed by atoms with Crippen LogP contribution >= 0.6 is 35.7 Å². The molecular formula is C15H24IN3O2S2. The van der Waals surface area contributed by atoms with Crippen molar-refractivity contribution in [2.24, 2.45) is 4.99 Å². The predicted molar refractivity (Wildman–Crippen MR) is 109 cm³/mol. The number of guanidine groups is 1. The van der Waals surface area contributed by atoms with Crippen molar-refractivity contribution in [2.45, 2.75) is 24.3 Å². The van der Waals surface area contributed by atoms with Gasteiger partial charge in [-0.2, -0.15) is 0 Å². The van der Waals surface area contributed by atoms with E-state index in [1.54, 1.807) is 11.8 Å². The Balaban J connectivity index is 0.00000264. The lowest BCUT2D eigenvalue weighted by Crippen LogP contribution is -2.44. The van der Waals surface area contributed by atoms with E-state index >= 15 is 0 Å². The van der Waals surface area contributed by atoms with Crippen molar-refractivity contribution >= 4 is 51.5 Å². The molecule has 0 amide bonds. The molecule has 0 saturated carbocycles. The first-order chi connectivity index (χ1) is 10.6. The molecule has 1 atom stereocenters. The highest BCUT2D eigenvalue weighted by molar-refractivity contribution is 14.0. The standard InChI is InChI=1S/C15H23N3O2S2.HI/c1-2-16-15(18-13-8-11-22(19,20)12-13)17-9-10-21-14-6-4-3-5-7-14;/h3-7,13H,2,8-12H2,1H3,(H2,16,17,18);1H. The zero-order valence-corrected chi connectivity index (χ0v) is 17.2. The van der Waals surface area contributed by atoms with E-state index < -0.39 is 9.84 Å². The van der Waals surface area contributed by atoms with Gasteiger partial charge in [0.1, 0.15) is 0 Å². The van der Waals surface area contributed by atoms with Crippen molar-refractivity contribution in [3.8, 4) is 0 Å². The zero-order chi connectivity index (χ0) is 15.8. The second kappa shape index (κ2) is 10.4. The Morgan fingerprint density at radius 1 is 1.35 bits per heavy atom. The fraction of sp³-hybridized carbons (Fsp3) is 0.533. The van der Waals surface area contributed by atoms with Crippen LogP contribution in [0.5, 0.6) is 0 Å². The average Bonchev–Trinajstić information content (AvgIpc) is 2.84. The number of hydrogen-bond donors (Lipinski definition) is 2. The Labute approximate surface area is 160 Å². The van der Waals surface area contributed by atoms with Crippen molar-refractivity contribution < 1.29 is 8.42 Å². The zero-order valence-electron chi connectivity index (χ0n) is 13.2. The lowest BCUT2D eigenvalue weighted by molar-refractivity contribution is 0.599. The van der Waals surface area contributed by atoms with Gasteiger partial charge in [-0.1, -0.05) is 18.2 Å². The van der Waals surface area contributed by atoms with Gasteiger partial charge in [0.15, 0.2) is 15.8 Å². The van der Waals surface area contributed by atoms with Gasteiger partial charge in [0.2, 0.25) is 0 Å². The second-order valence-corrected chi connectivity index (χ2v) is 8.56. The number of nitrogens with one attached hydrogen (secondary N) is 2. The molecule has 0 spiro atoms. The van der Waals surface area contributed by atoms with E-state index in [0.29, 0.717) is 18.9 Å². The normalized spacial score (nSPS) is 19.9. The van der Waals surface area contributed by atoms with Crippen molar-refractivity contribution in [1.82, 2.24) is 10.6 Å². The molecular weight excluding hydrogens is 445 g/mol. The Morgan fingerprint density at radius 2 is 2.09 bits per heavy atom. The Kier molecular flexibility index (Phi) is 9.30. The van der Waals surface area contributed by atoms with E-state index in [-0.39, 0.29) is 41.5 Å². The van der Waals surface area contributed by atoms with Crippen LogP contribution in [0, 0.1) is 0 Å². The van der Waals surface area contributed by atoms with Gasteiger partial charge in [0, 0.05) is 23.2 Å². The minimum atomic E-state index is -2.87. The molecule has 130 valence electrons. The lowest BCUT2D eigenvalue weighted by atomic mass is 10.3. The Morgan fingerprint density at radius 3 is 2.70 bits per heavy atom. The molecule has 0 aromatic heterocycles. The van der Waals surface area contributed by atoms with Gasteiger partial charge in [-0.3, -0.25) is 4.99 Å². The summed E-state index contributed by atoms with van der Waals surface area (Å²) < 4.78 is 23.0. The highest BCUT2D eigenvalue weighted by Gasteiger charge is 2.28. The Hall–Kier alpha value is -0.480. The summed E-state index contributed by atoms with van der Waals surface area (Å²) >= 11 is 1.76. The first-order valence-electron chi connectivity index (χ1n) is 7.52. The van der Waals surface area contributed by atoms with Crippen molar-refractivity contribution in [2.75, 3.05) is 30.3 Å². The molecule has 1 aliphatic rings. The van der Waals surface area contributed by atoms with Gasteiger partial charge >= 0.3 is 0 Å². The van der Waals surface area contributed by atoms with Gasteiger partial charge in [0.05, 0.1) is 18.1 Å². The molecule has 1 fully saturated rings. The monoisotopic (exact) mass is 469 g/mol. The van der Waals surface area contributed by atoms with Gasteiger partial charge in [-0.15, -0.1) is 35.7 Å². The van der Waals surface area contributed by atoms with Gasteiger partial charge in [-0.05, 0) is 25.5 Å². The van der Waals surface area contributed by atoms with Crippen molar-refractivity contribution in [3.05, 3.63) is 30.3 Å². The summed E-state index contributed by atoms with van der Waals surface area (Å²) in [7, 11) is -2.87. The van der Waals surface area contributed by atoms with E-state index in [2.05, 4.69) is 27.8 Å². The number of rotatable bonds is 6. The average molecular weight is 469 g/mol. The van der Waals surface area contributed by atoms with Gasteiger partial charge in [0.25, 0.3) is 0 Å². The number of nitrogens with zero attached hydrogens (tertiary/aromatic N) is 1. The molecule has 1 aliphatic heterocycles. The molecule has 1 aromatic carbocycles. The third kappa shape index (κ3) is 7.75. The number of aliphatic imine (C=N–C) groups is 1. The third-order valence-corrected chi connectivity index (χ3v) is 6.05. The van der Waals surface area contributed by atoms with Crippen LogP contribution in [0.3, 0.4) is 0 Å². The van der Waals surface area contributed by atoms with Crippen LogP contribution in [0.4, 0.5) is 0 Å². The minimum Gasteiger partial charge on any atom is -0.357 e. The summed E-state index contributed by atoms with van der Waals surface area (Å²) in [6.45, 7) is 3.45. The number of hydrogen-bond acceptors (Lipinski definition) is 4. The summed E-state index contributed by atoms with van der Waals surface area (Å²) in [6.07, 6.45) is 0.658. The van der Waals surface area contributed by atoms with Gasteiger partial charge < -0.3 is 10.6 Å². The molecule has 1 aromatic rings. The molecule has 0 radical (unpaired) electrons. The van der Waals surface area contributed by atoms with Crippen LogP contribution in [0.1, 0.15) is 13.3 Å². The maximum absolute atomic E-state index is 11.5. The largest absolute Gasteiger partial charge is 0.357 e. The summed E-state index contributed by atoms with van der Waals surface area (Å²) in [5.41, 5.74) is 0. The van der Waals surface area contributed by atoms with Crippen LogP contribution in [-0.4, -0.2) is 50.8 Å². The lowest BCUT2D eigenvalue weighted by Gasteiger charge is -2.15. The van der Waals surface area contributed by atoms with E-state index in [1.807, 2.05) is 25.1 Å². The third-order valence-electron chi connectivity index (χ3n) is 3.29. The van der Waals surface area contributed by atoms with Crippen molar-refractivity contribution in [1.29, 1.82) is 0 Å². The number of thioether (sulfide) groups is 1. The molecule has 1 unspecified atom stereocenters. The minimum absolute atomic E-state index is 0. The van der Waals surface area contributed by atoms with E-state index in [4.69, 9.17) is 0 Å². The second-order valence-electron chi connectivity index (χ2n) is 5.17. The molecule has 5 nitrogen and oxygen atoms in total. The molecule has 0 bridgehead atoms. The molecule has 1 heterocycles. The topological polar surface area (TPSA) is 70.6 Å². The van der Waals surface area contributed by atoms with Crippen LogP contribution in [0.15, 0.2) is 40.2 Å². The van der Waals surface area contributed by atoms with Crippen LogP contribution in [0.2, 0.25) is 0 Å². The molecule has 2 N–H and O–H groups in total. The van der Waals surface area contributed by atoms with Crippen LogP contribution < -0.4 is 10.6 Å². The van der Waals surface area contributed by atoms with Gasteiger partial charge in [-0.25, -0.2) is 8.42 Å².